The molecule has 6 nitrogen and oxygen atoms in total. The minimum absolute atomic E-state index is 0.0541. The summed E-state index contributed by atoms with van der Waals surface area (Å²) in [5, 5.41) is 7.54. The van der Waals surface area contributed by atoms with Crippen molar-refractivity contribution in [3.63, 3.8) is 0 Å². The van der Waals surface area contributed by atoms with Gasteiger partial charge < -0.3 is 10.2 Å². The van der Waals surface area contributed by atoms with Crippen LogP contribution in [-0.4, -0.2) is 51.2 Å². The van der Waals surface area contributed by atoms with Gasteiger partial charge in [-0.05, 0) is 50.8 Å². The van der Waals surface area contributed by atoms with E-state index in [2.05, 4.69) is 34.1 Å². The predicted molar refractivity (Wildman–Crippen MR) is 103 cm³/mol. The molecule has 140 valence electrons. The van der Waals surface area contributed by atoms with Crippen molar-refractivity contribution in [3.05, 3.63) is 41.9 Å². The van der Waals surface area contributed by atoms with Crippen LogP contribution in [0.3, 0.4) is 0 Å². The Morgan fingerprint density at radius 1 is 1.42 bits per heavy atom. The maximum absolute atomic E-state index is 12.8. The molecular formula is C20H29N5O. The lowest BCUT2D eigenvalue weighted by molar-refractivity contribution is 0.0919. The molecular weight excluding hydrogens is 326 g/mol. The number of amides is 1. The summed E-state index contributed by atoms with van der Waals surface area (Å²) in [6.07, 6.45) is 6.66. The molecule has 1 fully saturated rings. The van der Waals surface area contributed by atoms with Gasteiger partial charge in [-0.25, -0.2) is 9.67 Å². The van der Waals surface area contributed by atoms with Crippen LogP contribution in [0.2, 0.25) is 0 Å². The van der Waals surface area contributed by atoms with Crippen LogP contribution in [0.4, 0.5) is 0 Å². The fourth-order valence-electron chi connectivity index (χ4n) is 3.77. The van der Waals surface area contributed by atoms with Gasteiger partial charge in [0.25, 0.3) is 5.91 Å². The quantitative estimate of drug-likeness (QED) is 0.865. The minimum Gasteiger partial charge on any atom is -0.348 e. The fourth-order valence-corrected chi connectivity index (χ4v) is 3.77. The van der Waals surface area contributed by atoms with Crippen LogP contribution in [-0.2, 0) is 6.42 Å². The average Bonchev–Trinajstić information content (AvgIpc) is 3.06. The Labute approximate surface area is 155 Å². The summed E-state index contributed by atoms with van der Waals surface area (Å²) in [7, 11) is 0. The monoisotopic (exact) mass is 355 g/mol. The SMILES string of the molecule is CCc1c(C(=O)NC(C)CN2CCCC(C)C2)cnn1-c1ccccn1. The number of nitrogens with zero attached hydrogens (tertiary/aromatic N) is 4. The largest absolute Gasteiger partial charge is 0.348 e. The fraction of sp³-hybridized carbons (Fsp3) is 0.550. The molecule has 1 N–H and O–H groups in total. The van der Waals surface area contributed by atoms with E-state index in [4.69, 9.17) is 0 Å². The number of hydrogen-bond donors (Lipinski definition) is 1. The van der Waals surface area contributed by atoms with Crippen molar-refractivity contribution < 1.29 is 4.79 Å². The topological polar surface area (TPSA) is 63.1 Å². The van der Waals surface area contributed by atoms with Crippen LogP contribution < -0.4 is 5.32 Å². The number of carbonyl (C=O) groups excluding carboxylic acids is 1. The molecule has 0 aliphatic carbocycles. The Balaban J connectivity index is 1.67. The average molecular weight is 355 g/mol. The molecule has 6 heteroatoms. The molecule has 2 aromatic rings. The standard InChI is InChI=1S/C20H29N5O/c1-4-18-17(12-22-25(18)19-9-5-6-10-21-19)20(26)23-16(3)14-24-11-7-8-15(2)13-24/h5-6,9-10,12,15-16H,4,7-8,11,13-14H2,1-3H3,(H,23,26). The Morgan fingerprint density at radius 3 is 2.96 bits per heavy atom. The first-order valence-electron chi connectivity index (χ1n) is 9.60. The van der Waals surface area contributed by atoms with E-state index in [0.29, 0.717) is 5.56 Å². The maximum atomic E-state index is 12.8. The Hall–Kier alpha value is -2.21. The third-order valence-corrected chi connectivity index (χ3v) is 4.97. The van der Waals surface area contributed by atoms with E-state index >= 15 is 0 Å². The highest BCUT2D eigenvalue weighted by molar-refractivity contribution is 5.95. The van der Waals surface area contributed by atoms with Crippen LogP contribution in [0.5, 0.6) is 0 Å². The molecule has 26 heavy (non-hydrogen) atoms. The van der Waals surface area contributed by atoms with Crippen LogP contribution in [0.25, 0.3) is 5.82 Å². The summed E-state index contributed by atoms with van der Waals surface area (Å²) in [6.45, 7) is 9.55. The summed E-state index contributed by atoms with van der Waals surface area (Å²) in [4.78, 5) is 19.6. The summed E-state index contributed by atoms with van der Waals surface area (Å²) >= 11 is 0. The van der Waals surface area contributed by atoms with Gasteiger partial charge in [0.2, 0.25) is 0 Å². The molecule has 1 aliphatic heterocycles. The number of rotatable bonds is 6. The van der Waals surface area contributed by atoms with Gasteiger partial charge in [0.05, 0.1) is 17.5 Å². The molecule has 2 atom stereocenters. The molecule has 1 amide bonds. The zero-order valence-corrected chi connectivity index (χ0v) is 16.0. The van der Waals surface area contributed by atoms with E-state index in [1.807, 2.05) is 25.1 Å². The number of pyridine rings is 1. The second kappa shape index (κ2) is 8.45. The zero-order valence-electron chi connectivity index (χ0n) is 16.0. The molecule has 3 heterocycles. The van der Waals surface area contributed by atoms with Gasteiger partial charge in [0.15, 0.2) is 5.82 Å². The molecule has 1 aliphatic rings. The van der Waals surface area contributed by atoms with E-state index in [9.17, 15) is 4.79 Å². The van der Waals surface area contributed by atoms with Crippen LogP contribution >= 0.6 is 0 Å². The van der Waals surface area contributed by atoms with Crippen molar-refractivity contribution in [2.45, 2.75) is 46.1 Å². The third-order valence-electron chi connectivity index (χ3n) is 4.97. The second-order valence-corrected chi connectivity index (χ2v) is 7.34. The number of aromatic nitrogens is 3. The highest BCUT2D eigenvalue weighted by atomic mass is 16.1. The third kappa shape index (κ3) is 4.30. The summed E-state index contributed by atoms with van der Waals surface area (Å²) < 4.78 is 1.76. The molecule has 0 spiro atoms. The molecule has 0 bridgehead atoms. The van der Waals surface area contributed by atoms with Crippen LogP contribution in [0.1, 0.15) is 49.7 Å². The lowest BCUT2D eigenvalue weighted by atomic mass is 10.00. The number of hydrogen-bond acceptors (Lipinski definition) is 4. The number of nitrogens with one attached hydrogen (secondary N) is 1. The van der Waals surface area contributed by atoms with Gasteiger partial charge in [-0.1, -0.05) is 19.9 Å². The molecule has 3 rings (SSSR count). The lowest BCUT2D eigenvalue weighted by Crippen LogP contribution is -2.45. The van der Waals surface area contributed by atoms with Crippen LogP contribution in [0.15, 0.2) is 30.6 Å². The highest BCUT2D eigenvalue weighted by Gasteiger charge is 2.22. The van der Waals surface area contributed by atoms with Crippen molar-refractivity contribution >= 4 is 5.91 Å². The number of likely N-dealkylation sites (tertiary alicyclic amines) is 1. The van der Waals surface area contributed by atoms with Crippen molar-refractivity contribution in [2.24, 2.45) is 5.92 Å². The first kappa shape index (κ1) is 18.6. The van der Waals surface area contributed by atoms with Gasteiger partial charge in [-0.15, -0.1) is 0 Å². The molecule has 1 saturated heterocycles. The predicted octanol–water partition coefficient (Wildman–Crippen LogP) is 2.68. The summed E-state index contributed by atoms with van der Waals surface area (Å²) in [5.74, 6) is 1.43. The normalized spacial score (nSPS) is 19.3. The van der Waals surface area contributed by atoms with Crippen LogP contribution in [0, 0.1) is 5.92 Å². The summed E-state index contributed by atoms with van der Waals surface area (Å²) in [5.41, 5.74) is 1.53. The Kier molecular flexibility index (Phi) is 6.04. The lowest BCUT2D eigenvalue weighted by Gasteiger charge is -2.32. The van der Waals surface area contributed by atoms with Gasteiger partial charge in [-0.2, -0.15) is 5.10 Å². The van der Waals surface area contributed by atoms with E-state index in [0.717, 1.165) is 43.5 Å². The van der Waals surface area contributed by atoms with Crippen molar-refractivity contribution in [1.29, 1.82) is 0 Å². The first-order valence-corrected chi connectivity index (χ1v) is 9.60. The number of carbonyl (C=O) groups is 1. The smallest absolute Gasteiger partial charge is 0.255 e. The molecule has 0 radical (unpaired) electrons. The Bertz CT molecular complexity index is 727. The minimum atomic E-state index is -0.0541. The zero-order chi connectivity index (χ0) is 18.5. The molecule has 0 saturated carbocycles. The van der Waals surface area contributed by atoms with E-state index in [-0.39, 0.29) is 11.9 Å². The second-order valence-electron chi connectivity index (χ2n) is 7.34. The van der Waals surface area contributed by atoms with Gasteiger partial charge >= 0.3 is 0 Å². The molecule has 2 unspecified atom stereocenters. The van der Waals surface area contributed by atoms with Crippen molar-refractivity contribution in [2.75, 3.05) is 19.6 Å². The van der Waals surface area contributed by atoms with Gasteiger partial charge in [-0.3, -0.25) is 4.79 Å². The van der Waals surface area contributed by atoms with Crippen molar-refractivity contribution in [3.8, 4) is 5.82 Å². The van der Waals surface area contributed by atoms with E-state index in [1.165, 1.54) is 12.8 Å². The number of piperidine rings is 1. The van der Waals surface area contributed by atoms with E-state index in [1.54, 1.807) is 17.1 Å². The first-order chi connectivity index (χ1) is 12.6. The highest BCUT2D eigenvalue weighted by Crippen LogP contribution is 2.16. The van der Waals surface area contributed by atoms with E-state index < -0.39 is 0 Å². The molecule has 2 aromatic heterocycles. The van der Waals surface area contributed by atoms with Gasteiger partial charge in [0, 0.05) is 25.3 Å². The van der Waals surface area contributed by atoms with Gasteiger partial charge in [0.1, 0.15) is 0 Å². The maximum Gasteiger partial charge on any atom is 0.255 e. The Morgan fingerprint density at radius 2 is 2.27 bits per heavy atom. The molecule has 0 aromatic carbocycles. The van der Waals surface area contributed by atoms with Crippen molar-refractivity contribution in [1.82, 2.24) is 25.0 Å². The summed E-state index contributed by atoms with van der Waals surface area (Å²) in [6, 6.07) is 5.80.